The smallest absolute Gasteiger partial charge is 0.230 e. The first kappa shape index (κ1) is 15.3. The molecule has 3 nitrogen and oxygen atoms in total. The van der Waals surface area contributed by atoms with E-state index in [4.69, 9.17) is 16.3 Å². The average molecular weight is 296 g/mol. The summed E-state index contributed by atoms with van der Waals surface area (Å²) in [6.07, 6.45) is 2.84. The SMILES string of the molecule is CC(C)OCCCNC(=O)C1(c2ccccc2Cl)CC1. The summed E-state index contributed by atoms with van der Waals surface area (Å²) in [4.78, 5) is 12.4. The highest BCUT2D eigenvalue weighted by atomic mass is 35.5. The van der Waals surface area contributed by atoms with Crippen LogP contribution in [-0.4, -0.2) is 25.2 Å². The van der Waals surface area contributed by atoms with Gasteiger partial charge in [-0.1, -0.05) is 29.8 Å². The van der Waals surface area contributed by atoms with Gasteiger partial charge in [0.15, 0.2) is 0 Å². The Morgan fingerprint density at radius 3 is 2.70 bits per heavy atom. The van der Waals surface area contributed by atoms with E-state index in [0.717, 1.165) is 24.8 Å². The highest BCUT2D eigenvalue weighted by Gasteiger charge is 2.52. The molecule has 1 N–H and O–H groups in total. The summed E-state index contributed by atoms with van der Waals surface area (Å²) < 4.78 is 5.46. The van der Waals surface area contributed by atoms with Gasteiger partial charge in [-0.05, 0) is 44.7 Å². The van der Waals surface area contributed by atoms with Crippen LogP contribution >= 0.6 is 11.6 Å². The summed E-state index contributed by atoms with van der Waals surface area (Å²) in [7, 11) is 0. The minimum atomic E-state index is -0.392. The summed E-state index contributed by atoms with van der Waals surface area (Å²) in [6.45, 7) is 5.35. The Morgan fingerprint density at radius 1 is 1.40 bits per heavy atom. The van der Waals surface area contributed by atoms with Crippen LogP contribution in [0.2, 0.25) is 5.02 Å². The van der Waals surface area contributed by atoms with Crippen molar-refractivity contribution in [3.05, 3.63) is 34.9 Å². The highest BCUT2D eigenvalue weighted by Crippen LogP contribution is 2.50. The minimum Gasteiger partial charge on any atom is -0.379 e. The van der Waals surface area contributed by atoms with E-state index in [-0.39, 0.29) is 12.0 Å². The summed E-state index contributed by atoms with van der Waals surface area (Å²) >= 11 is 6.21. The molecule has 0 unspecified atom stereocenters. The molecule has 0 aromatic heterocycles. The van der Waals surface area contributed by atoms with Crippen molar-refractivity contribution in [3.63, 3.8) is 0 Å². The molecule has 0 spiro atoms. The normalized spacial score (nSPS) is 16.2. The van der Waals surface area contributed by atoms with Crippen molar-refractivity contribution in [1.82, 2.24) is 5.32 Å². The van der Waals surface area contributed by atoms with Crippen LogP contribution in [0.25, 0.3) is 0 Å². The fourth-order valence-corrected chi connectivity index (χ4v) is 2.67. The summed E-state index contributed by atoms with van der Waals surface area (Å²) in [6, 6.07) is 7.63. The molecule has 0 bridgehead atoms. The van der Waals surface area contributed by atoms with Crippen molar-refractivity contribution >= 4 is 17.5 Å². The van der Waals surface area contributed by atoms with E-state index >= 15 is 0 Å². The monoisotopic (exact) mass is 295 g/mol. The zero-order valence-electron chi connectivity index (χ0n) is 12.1. The first-order chi connectivity index (χ1) is 9.56. The molecule has 110 valence electrons. The fourth-order valence-electron chi connectivity index (χ4n) is 2.36. The van der Waals surface area contributed by atoms with Gasteiger partial charge in [-0.15, -0.1) is 0 Å². The maximum absolute atomic E-state index is 12.4. The lowest BCUT2D eigenvalue weighted by molar-refractivity contribution is -0.123. The van der Waals surface area contributed by atoms with Crippen molar-refractivity contribution in [2.45, 2.75) is 44.6 Å². The molecule has 0 atom stereocenters. The first-order valence-corrected chi connectivity index (χ1v) is 7.59. The molecule has 20 heavy (non-hydrogen) atoms. The third-order valence-electron chi connectivity index (χ3n) is 3.63. The van der Waals surface area contributed by atoms with Crippen LogP contribution in [0.1, 0.15) is 38.7 Å². The molecular formula is C16H22ClNO2. The quantitative estimate of drug-likeness (QED) is 0.784. The van der Waals surface area contributed by atoms with Gasteiger partial charge < -0.3 is 10.1 Å². The van der Waals surface area contributed by atoms with E-state index < -0.39 is 5.41 Å². The van der Waals surface area contributed by atoms with Gasteiger partial charge in [-0.3, -0.25) is 4.79 Å². The van der Waals surface area contributed by atoms with E-state index in [9.17, 15) is 4.79 Å². The van der Waals surface area contributed by atoms with Gasteiger partial charge in [0, 0.05) is 18.2 Å². The number of nitrogens with one attached hydrogen (secondary N) is 1. The zero-order valence-corrected chi connectivity index (χ0v) is 12.9. The Balaban J connectivity index is 1.85. The van der Waals surface area contributed by atoms with E-state index in [1.165, 1.54) is 0 Å². The summed E-state index contributed by atoms with van der Waals surface area (Å²) in [5.74, 6) is 0.0927. The van der Waals surface area contributed by atoms with Crippen LogP contribution in [0.4, 0.5) is 0 Å². The molecular weight excluding hydrogens is 274 g/mol. The molecule has 1 aromatic rings. The van der Waals surface area contributed by atoms with Gasteiger partial charge in [0.2, 0.25) is 5.91 Å². The van der Waals surface area contributed by atoms with Gasteiger partial charge in [0.25, 0.3) is 0 Å². The molecule has 2 rings (SSSR count). The Bertz CT molecular complexity index is 469. The molecule has 0 saturated heterocycles. The molecule has 1 fully saturated rings. The number of carbonyl (C=O) groups is 1. The molecule has 1 saturated carbocycles. The number of benzene rings is 1. The number of amides is 1. The highest BCUT2D eigenvalue weighted by molar-refractivity contribution is 6.31. The lowest BCUT2D eigenvalue weighted by Crippen LogP contribution is -2.35. The number of hydrogen-bond acceptors (Lipinski definition) is 2. The second-order valence-electron chi connectivity index (χ2n) is 5.59. The van der Waals surface area contributed by atoms with Crippen molar-refractivity contribution < 1.29 is 9.53 Å². The van der Waals surface area contributed by atoms with Crippen LogP contribution in [0.5, 0.6) is 0 Å². The Morgan fingerprint density at radius 2 is 2.10 bits per heavy atom. The Labute approximate surface area is 125 Å². The summed E-state index contributed by atoms with van der Waals surface area (Å²) in [5.41, 5.74) is 0.564. The second kappa shape index (κ2) is 6.59. The molecule has 1 aliphatic rings. The predicted molar refractivity (Wildman–Crippen MR) is 81.1 cm³/mol. The molecule has 1 amide bonds. The van der Waals surface area contributed by atoms with E-state index in [1.807, 2.05) is 38.1 Å². The molecule has 4 heteroatoms. The third kappa shape index (κ3) is 3.53. The standard InChI is InChI=1S/C16H22ClNO2/c1-12(2)20-11-5-10-18-15(19)16(8-9-16)13-6-3-4-7-14(13)17/h3-4,6-7,12H,5,8-11H2,1-2H3,(H,18,19). The van der Waals surface area contributed by atoms with E-state index in [0.29, 0.717) is 18.2 Å². The number of ether oxygens (including phenoxy) is 1. The summed E-state index contributed by atoms with van der Waals surface area (Å²) in [5, 5.41) is 3.69. The molecule has 0 aliphatic heterocycles. The van der Waals surface area contributed by atoms with Crippen molar-refractivity contribution in [2.24, 2.45) is 0 Å². The number of halogens is 1. The Hall–Kier alpha value is -1.06. The van der Waals surface area contributed by atoms with Crippen molar-refractivity contribution in [3.8, 4) is 0 Å². The largest absolute Gasteiger partial charge is 0.379 e. The topological polar surface area (TPSA) is 38.3 Å². The van der Waals surface area contributed by atoms with Crippen LogP contribution < -0.4 is 5.32 Å². The van der Waals surface area contributed by atoms with Crippen LogP contribution in [0, 0.1) is 0 Å². The molecule has 0 heterocycles. The minimum absolute atomic E-state index is 0.0927. The molecule has 0 radical (unpaired) electrons. The van der Waals surface area contributed by atoms with Gasteiger partial charge in [-0.25, -0.2) is 0 Å². The van der Waals surface area contributed by atoms with Crippen LogP contribution in [0.15, 0.2) is 24.3 Å². The Kier molecular flexibility index (Phi) is 5.06. The fraction of sp³-hybridized carbons (Fsp3) is 0.562. The lowest BCUT2D eigenvalue weighted by Gasteiger charge is -2.17. The lowest BCUT2D eigenvalue weighted by atomic mass is 9.95. The maximum Gasteiger partial charge on any atom is 0.230 e. The number of hydrogen-bond donors (Lipinski definition) is 1. The average Bonchev–Trinajstić information content (AvgIpc) is 3.20. The first-order valence-electron chi connectivity index (χ1n) is 7.21. The molecule has 1 aliphatic carbocycles. The molecule has 1 aromatic carbocycles. The van der Waals surface area contributed by atoms with E-state index in [2.05, 4.69) is 5.32 Å². The van der Waals surface area contributed by atoms with Crippen LogP contribution in [-0.2, 0) is 14.9 Å². The third-order valence-corrected chi connectivity index (χ3v) is 3.96. The van der Waals surface area contributed by atoms with Crippen molar-refractivity contribution in [2.75, 3.05) is 13.2 Å². The van der Waals surface area contributed by atoms with Gasteiger partial charge in [0.1, 0.15) is 0 Å². The number of carbonyl (C=O) groups excluding carboxylic acids is 1. The van der Waals surface area contributed by atoms with E-state index in [1.54, 1.807) is 0 Å². The maximum atomic E-state index is 12.4. The van der Waals surface area contributed by atoms with Crippen molar-refractivity contribution in [1.29, 1.82) is 0 Å². The second-order valence-corrected chi connectivity index (χ2v) is 6.00. The van der Waals surface area contributed by atoms with Gasteiger partial charge in [0.05, 0.1) is 11.5 Å². The zero-order chi connectivity index (χ0) is 14.6. The van der Waals surface area contributed by atoms with Gasteiger partial charge in [-0.2, -0.15) is 0 Å². The van der Waals surface area contributed by atoms with Crippen LogP contribution in [0.3, 0.4) is 0 Å². The predicted octanol–water partition coefficient (Wildman–Crippen LogP) is 3.30. The van der Waals surface area contributed by atoms with Gasteiger partial charge >= 0.3 is 0 Å². The number of rotatable bonds is 7.